The molecule has 56 heteroatoms. The molecule has 128 heavy (non-hydrogen) atoms. The molecular weight excluding hydrogens is 1750 g/mol. The first kappa shape index (κ1) is 105. The highest BCUT2D eigenvalue weighted by atomic mass is 16.8. The highest BCUT2D eigenvalue weighted by Gasteiger charge is 2.63. The molecule has 11 fully saturated rings. The van der Waals surface area contributed by atoms with Crippen LogP contribution >= 0.6 is 0 Å². The summed E-state index contributed by atoms with van der Waals surface area (Å²) in [5.41, 5.74) is 0. The van der Waals surface area contributed by atoms with Crippen LogP contribution in [0.3, 0.4) is 0 Å². The van der Waals surface area contributed by atoms with Gasteiger partial charge in [0.25, 0.3) is 0 Å². The van der Waals surface area contributed by atoms with E-state index in [9.17, 15) is 162 Å². The number of carbonyl (C=O) groups excluding carboxylic acids is 3. The zero-order valence-corrected chi connectivity index (χ0v) is 69.2. The summed E-state index contributed by atoms with van der Waals surface area (Å²) in [6.45, 7) is -2.94. The van der Waals surface area contributed by atoms with Crippen molar-refractivity contribution in [2.45, 2.75) is 379 Å². The maximum Gasteiger partial charge on any atom is 0.217 e. The van der Waals surface area contributed by atoms with Crippen LogP contribution in [0.2, 0.25) is 0 Å². The lowest BCUT2D eigenvalue weighted by Gasteiger charge is -2.52. The van der Waals surface area contributed by atoms with Gasteiger partial charge in [0.1, 0.15) is 250 Å². The molecule has 0 aromatic carbocycles. The first-order valence-corrected chi connectivity index (χ1v) is 41.2. The minimum atomic E-state index is -2.53. The minimum absolute atomic E-state index is 0.901. The second-order valence-corrected chi connectivity index (χ2v) is 33.0. The summed E-state index contributed by atoms with van der Waals surface area (Å²) in [4.78, 5) is 40.8. The van der Waals surface area contributed by atoms with Crippen molar-refractivity contribution in [3.63, 3.8) is 0 Å². The Morgan fingerprint density at radius 1 is 0.219 bits per heavy atom. The number of amides is 3. The minimum Gasteiger partial charge on any atom is -0.394 e. The van der Waals surface area contributed by atoms with Gasteiger partial charge in [0.05, 0.1) is 71.2 Å². The van der Waals surface area contributed by atoms with Gasteiger partial charge in [-0.3, -0.25) is 14.4 Å². The molecule has 56 nitrogen and oxygen atoms in total. The third-order valence-corrected chi connectivity index (χ3v) is 24.1. The maximum absolute atomic E-state index is 13.8. The highest BCUT2D eigenvalue weighted by Crippen LogP contribution is 2.43. The van der Waals surface area contributed by atoms with E-state index in [1.807, 2.05) is 0 Å². The molecule has 0 radical (unpaired) electrons. The van der Waals surface area contributed by atoms with Gasteiger partial charge >= 0.3 is 0 Å². The molecule has 1 unspecified atom stereocenters. The average molecular weight is 1880 g/mol. The van der Waals surface area contributed by atoms with Crippen molar-refractivity contribution in [1.29, 1.82) is 0 Å². The molecule has 11 rings (SSSR count). The third-order valence-electron chi connectivity index (χ3n) is 24.1. The van der Waals surface area contributed by atoms with Gasteiger partial charge in [-0.2, -0.15) is 0 Å². The zero-order chi connectivity index (χ0) is 94.1. The van der Waals surface area contributed by atoms with Crippen molar-refractivity contribution in [1.82, 2.24) is 16.0 Å². The monoisotopic (exact) mass is 1880 g/mol. The van der Waals surface area contributed by atoms with Crippen LogP contribution in [0, 0.1) is 0 Å². The van der Waals surface area contributed by atoms with Crippen LogP contribution in [0.4, 0.5) is 0 Å². The van der Waals surface area contributed by atoms with E-state index in [0.717, 1.165) is 20.8 Å². The first-order chi connectivity index (χ1) is 60.5. The Balaban J connectivity index is 0.936. The molecule has 0 saturated carbocycles. The average Bonchev–Trinajstić information content (AvgIpc) is 0.760. The fourth-order valence-corrected chi connectivity index (χ4v) is 16.9. The van der Waals surface area contributed by atoms with E-state index < -0.39 is 408 Å². The van der Waals surface area contributed by atoms with Crippen LogP contribution in [-0.4, -0.2) is 556 Å². The molecule has 0 aliphatic carbocycles. The van der Waals surface area contributed by atoms with Crippen molar-refractivity contribution >= 4 is 17.7 Å². The molecule has 11 aliphatic rings. The van der Waals surface area contributed by atoms with Gasteiger partial charge < -0.3 is 264 Å². The fraction of sp³-hybridized carbons (Fsp3) is 0.958. The quantitative estimate of drug-likeness (QED) is 0.0306. The summed E-state index contributed by atoms with van der Waals surface area (Å²) < 4.78 is 127. The van der Waals surface area contributed by atoms with E-state index in [2.05, 4.69) is 16.0 Å². The van der Waals surface area contributed by atoms with Crippen molar-refractivity contribution in [2.75, 3.05) is 52.9 Å². The Hall–Kier alpha value is -3.59. The predicted octanol–water partition coefficient (Wildman–Crippen LogP) is -21.5. The lowest BCUT2D eigenvalue weighted by molar-refractivity contribution is -0.397. The highest BCUT2D eigenvalue weighted by molar-refractivity contribution is 5.74. The van der Waals surface area contributed by atoms with Crippen molar-refractivity contribution in [3.05, 3.63) is 0 Å². The van der Waals surface area contributed by atoms with Gasteiger partial charge in [-0.15, -0.1) is 0 Å². The second-order valence-electron chi connectivity index (χ2n) is 33.0. The Morgan fingerprint density at radius 2 is 0.453 bits per heavy atom. The number of aliphatic hydroxyl groups is 29. The number of nitrogens with one attached hydrogen (secondary N) is 3. The third kappa shape index (κ3) is 22.5. The van der Waals surface area contributed by atoms with Crippen LogP contribution in [0.5, 0.6) is 0 Å². The number of carbonyl (C=O) groups is 3. The molecule has 0 bridgehead atoms. The van der Waals surface area contributed by atoms with Gasteiger partial charge in [-0.05, 0) is 20.8 Å². The summed E-state index contributed by atoms with van der Waals surface area (Å²) >= 11 is 0. The molecule has 55 atom stereocenters. The van der Waals surface area contributed by atoms with E-state index in [1.54, 1.807) is 0 Å². The molecule has 3 amide bonds. The number of hydrogen-bond donors (Lipinski definition) is 32. The van der Waals surface area contributed by atoms with Crippen molar-refractivity contribution in [2.24, 2.45) is 0 Å². The standard InChI is InChI=1S/C72H121N3O53/c1-15-32(86)39(93)46(100)66(109-15)121-55-26(12-81)117-65(31(75-20(6)85)59(55)126-70-50(104)43(97)36(90)22(8-77)114-70)128-61-38(92)28(119-72(52(61)106)120-53-24(10-79)112-62(107)45(99)44(53)98)14-108-63-29(73-18(4)83)57(124-67-47(101)40(94)33(87)16(2)110-67)54(25(11-80)116-63)123-71-51(105)60(37(91)23(9-78)115-71)127-64-30(74-19(5)84)58(125-68-48(102)41(95)34(88)17(3)111-68)56(27(13-82)118-64)122-69-49(103)42(96)35(89)21(7-76)113-69/h15-17,21-72,76-82,86-107H,7-14H2,1-6H3,(H,73,83)(H,74,84)(H,75,85)/t15-,16-,17-,21+,22+,23+,24+,25+,26+,27+,28+,29+,30+,31+,32+,33+,34+,35-,36-,37-,38-,39+,40+,41+,42-,43-,44+,45+,46-,47-,48-,49+,50-,51+,52+,53+,54+,55+,56+,57+,58+,59+,60-,61-,62?,63+,64-,65-,66-,67-,68-,69-,70-,71-,72-/m0/s1. The Labute approximate surface area is 725 Å². The molecule has 11 aliphatic heterocycles. The number of rotatable bonds is 31. The zero-order valence-electron chi connectivity index (χ0n) is 69.2. The summed E-state index contributed by atoms with van der Waals surface area (Å²) in [5.74, 6) is -3.07. The molecule has 742 valence electrons. The Bertz CT molecular complexity index is 3460. The van der Waals surface area contributed by atoms with Gasteiger partial charge in [-0.1, -0.05) is 0 Å². The van der Waals surface area contributed by atoms with Crippen LogP contribution < -0.4 is 16.0 Å². The van der Waals surface area contributed by atoms with E-state index in [1.165, 1.54) is 20.8 Å². The first-order valence-electron chi connectivity index (χ1n) is 41.2. The number of ether oxygens (including phenoxy) is 21. The fourth-order valence-electron chi connectivity index (χ4n) is 16.9. The topological polar surface area (TPSA) is 868 Å². The van der Waals surface area contributed by atoms with Gasteiger partial charge in [0, 0.05) is 20.8 Å². The normalized spacial score (nSPS) is 51.6. The van der Waals surface area contributed by atoms with Gasteiger partial charge in [0.15, 0.2) is 69.2 Å². The molecule has 0 aromatic heterocycles. The van der Waals surface area contributed by atoms with Crippen LogP contribution in [0.25, 0.3) is 0 Å². The van der Waals surface area contributed by atoms with Crippen LogP contribution in [0.1, 0.15) is 41.5 Å². The summed E-state index contributed by atoms with van der Waals surface area (Å²) in [7, 11) is 0. The lowest BCUT2D eigenvalue weighted by Crippen LogP contribution is -2.72. The van der Waals surface area contributed by atoms with Gasteiger partial charge in [0.2, 0.25) is 17.7 Å². The molecule has 11 heterocycles. The van der Waals surface area contributed by atoms with Crippen LogP contribution in [0.15, 0.2) is 0 Å². The second kappa shape index (κ2) is 45.1. The lowest BCUT2D eigenvalue weighted by atomic mass is 9.93. The molecular formula is C72H121N3O53. The molecule has 0 spiro atoms. The smallest absolute Gasteiger partial charge is 0.217 e. The SMILES string of the molecule is CC(=O)N[C@H]1[C@H](O[C@H]2[C@@H](O)[C@@H](CO[C@@H]3O[C@H](CO)[C@@H](O[C@@H]4O[C@H](CO)[C@H](O)[C@H](O[C@@H]5O[C@H](CO)[C@@H](O[C@@H]6O[C@H](CO)[C@H](O)[C@H](O)[C@H]6O)[C@H](O[C@@H]6O[C@@H](C)[C@@H](O)[C@@H](O)[C@@H]6O)[C@H]5NC(C)=O)[C@H]4O)[C@H](O[C@@H]4O[C@@H](C)[C@@H](O)[C@@H](O)[C@@H]4O)[C@H]3NC(C)=O)O[C@@H](O[C@H]3[C@H](O)[C@@H](O)C(O)O[C@@H]3CO)[C@@H]2O)O[C@H](CO)[C@@H](O[C@@H]2O[C@@H](C)[C@@H](O)[C@@H](O)[C@@H]2O)[C@@H]1O[C@@H]1O[C@H](CO)[C@H](O)[C@H](O)[C@@H]1O. The predicted molar refractivity (Wildman–Crippen MR) is 393 cm³/mol. The summed E-state index contributed by atoms with van der Waals surface area (Å²) in [6, 6.07) is -6.14. The van der Waals surface area contributed by atoms with E-state index in [0.29, 0.717) is 0 Å². The molecule has 32 N–H and O–H groups in total. The van der Waals surface area contributed by atoms with E-state index >= 15 is 0 Å². The van der Waals surface area contributed by atoms with E-state index in [4.69, 9.17) is 99.5 Å². The number of aliphatic hydroxyl groups excluding tert-OH is 29. The largest absolute Gasteiger partial charge is 0.394 e. The number of hydrogen-bond acceptors (Lipinski definition) is 53. The molecule has 0 aromatic rings. The van der Waals surface area contributed by atoms with Crippen molar-refractivity contribution in [3.8, 4) is 0 Å². The maximum atomic E-state index is 13.8. The van der Waals surface area contributed by atoms with Crippen LogP contribution in [-0.2, 0) is 114 Å². The molecule has 11 saturated heterocycles. The summed E-state index contributed by atoms with van der Waals surface area (Å²) in [6.07, 6.45) is -108. The van der Waals surface area contributed by atoms with Crippen molar-refractivity contribution < 1.29 is 262 Å². The Kier molecular flexibility index (Phi) is 37.0. The Morgan fingerprint density at radius 3 is 0.773 bits per heavy atom. The van der Waals surface area contributed by atoms with Gasteiger partial charge in [-0.25, -0.2) is 0 Å². The summed E-state index contributed by atoms with van der Waals surface area (Å²) in [5, 5.41) is 331. The van der Waals surface area contributed by atoms with E-state index in [-0.39, 0.29) is 0 Å².